The second-order valence-corrected chi connectivity index (χ2v) is 7.82. The van der Waals surface area contributed by atoms with Crippen LogP contribution in [0.2, 0.25) is 5.02 Å². The first kappa shape index (κ1) is 20.5. The van der Waals surface area contributed by atoms with Gasteiger partial charge in [0.25, 0.3) is 5.91 Å². The minimum absolute atomic E-state index is 0.0349. The van der Waals surface area contributed by atoms with Crippen molar-refractivity contribution < 1.29 is 24.3 Å². The van der Waals surface area contributed by atoms with Gasteiger partial charge in [-0.3, -0.25) is 14.6 Å². The van der Waals surface area contributed by atoms with Crippen LogP contribution in [0, 0.1) is 0 Å². The largest absolute Gasteiger partial charge is 0.872 e. The summed E-state index contributed by atoms with van der Waals surface area (Å²) in [6.45, 7) is 4.13. The summed E-state index contributed by atoms with van der Waals surface area (Å²) in [6, 6.07) is 9.09. The molecule has 0 bridgehead atoms. The number of ether oxygens (including phenoxy) is 1. The van der Waals surface area contributed by atoms with Crippen molar-refractivity contribution in [3.63, 3.8) is 0 Å². The third-order valence-corrected chi connectivity index (χ3v) is 5.79. The molecule has 2 saturated heterocycles. The van der Waals surface area contributed by atoms with Crippen molar-refractivity contribution in [2.45, 2.75) is 6.04 Å². The highest BCUT2D eigenvalue weighted by atomic mass is 35.5. The van der Waals surface area contributed by atoms with Crippen molar-refractivity contribution in [2.75, 3.05) is 39.4 Å². The minimum Gasteiger partial charge on any atom is -0.872 e. The lowest BCUT2D eigenvalue weighted by atomic mass is 9.96. The zero-order valence-electron chi connectivity index (χ0n) is 16.3. The van der Waals surface area contributed by atoms with Gasteiger partial charge in [-0.2, -0.15) is 0 Å². The van der Waals surface area contributed by atoms with Gasteiger partial charge in [-0.05, 0) is 29.3 Å². The number of benzene rings is 1. The van der Waals surface area contributed by atoms with Gasteiger partial charge in [0.2, 0.25) is 5.78 Å². The first-order valence-corrected chi connectivity index (χ1v) is 10.3. The Kier molecular flexibility index (Phi) is 6.13. The lowest BCUT2D eigenvalue weighted by molar-refractivity contribution is -0.907. The third-order valence-electron chi connectivity index (χ3n) is 5.54. The molecule has 1 aromatic carbocycles. The molecule has 1 N–H and O–H groups in total. The Morgan fingerprint density at radius 2 is 1.93 bits per heavy atom. The molecular formula is C22H22ClN3O4. The smallest absolute Gasteiger partial charge is 0.295 e. The molecule has 2 aliphatic heterocycles. The summed E-state index contributed by atoms with van der Waals surface area (Å²) < 4.78 is 5.38. The summed E-state index contributed by atoms with van der Waals surface area (Å²) in [5.74, 6) is -1.85. The summed E-state index contributed by atoms with van der Waals surface area (Å²) in [4.78, 5) is 32.7. The molecule has 4 rings (SSSR count). The molecule has 156 valence electrons. The molecule has 2 aromatic rings. The van der Waals surface area contributed by atoms with Crippen molar-refractivity contribution in [1.29, 1.82) is 0 Å². The van der Waals surface area contributed by atoms with Gasteiger partial charge in [0.1, 0.15) is 13.1 Å². The Morgan fingerprint density at radius 1 is 1.20 bits per heavy atom. The molecule has 0 radical (unpaired) electrons. The first-order valence-electron chi connectivity index (χ1n) is 9.90. The second kappa shape index (κ2) is 8.95. The highest BCUT2D eigenvalue weighted by Crippen LogP contribution is 2.38. The molecule has 1 amide bonds. The number of Topliss-reactive ketones (excluding diaryl/α,β-unsaturated/α-hetero) is 1. The number of rotatable bonds is 5. The standard InChI is InChI=1S/C22H22ClN3O4/c23-17-5-3-15(4-6-17)20(27)18-19(16-2-1-7-24-14-16)26(22(29)21(18)28)9-8-25-10-12-30-13-11-25/h1-7,14,19,27H,8-13H2/b20-18+. The highest BCUT2D eigenvalue weighted by Gasteiger charge is 2.44. The third kappa shape index (κ3) is 4.09. The van der Waals surface area contributed by atoms with Crippen molar-refractivity contribution in [3.8, 4) is 0 Å². The molecular weight excluding hydrogens is 406 g/mol. The Labute approximate surface area is 179 Å². The van der Waals surface area contributed by atoms with Gasteiger partial charge in [0.15, 0.2) is 0 Å². The van der Waals surface area contributed by atoms with Crippen molar-refractivity contribution >= 4 is 29.1 Å². The number of hydrogen-bond donors (Lipinski definition) is 1. The number of ketones is 1. The minimum atomic E-state index is -0.749. The number of nitrogens with one attached hydrogen (secondary N) is 1. The van der Waals surface area contributed by atoms with Crippen LogP contribution in [0.5, 0.6) is 0 Å². The number of carbonyl (C=O) groups excluding carboxylic acids is 2. The zero-order valence-corrected chi connectivity index (χ0v) is 17.1. The number of quaternary nitrogens is 1. The lowest BCUT2D eigenvalue weighted by Crippen LogP contribution is -3.14. The highest BCUT2D eigenvalue weighted by molar-refractivity contribution is 6.46. The van der Waals surface area contributed by atoms with Crippen LogP contribution in [-0.2, 0) is 14.3 Å². The monoisotopic (exact) mass is 427 g/mol. The average molecular weight is 428 g/mol. The van der Waals surface area contributed by atoms with Crippen LogP contribution >= 0.6 is 11.6 Å². The molecule has 1 atom stereocenters. The molecule has 1 aromatic heterocycles. The van der Waals surface area contributed by atoms with Crippen LogP contribution in [0.3, 0.4) is 0 Å². The summed E-state index contributed by atoms with van der Waals surface area (Å²) in [5.41, 5.74) is 0.934. The van der Waals surface area contributed by atoms with Gasteiger partial charge in [-0.15, -0.1) is 0 Å². The van der Waals surface area contributed by atoms with E-state index in [0.717, 1.165) is 13.1 Å². The number of hydrogen-bond acceptors (Lipinski definition) is 5. The molecule has 2 fully saturated rings. The van der Waals surface area contributed by atoms with E-state index in [4.69, 9.17) is 16.3 Å². The fourth-order valence-corrected chi connectivity index (χ4v) is 4.06. The molecule has 0 saturated carbocycles. The van der Waals surface area contributed by atoms with Gasteiger partial charge in [0.05, 0.1) is 32.3 Å². The molecule has 1 unspecified atom stereocenters. The molecule has 7 nitrogen and oxygen atoms in total. The number of likely N-dealkylation sites (tertiary alicyclic amines) is 1. The van der Waals surface area contributed by atoms with Gasteiger partial charge in [0, 0.05) is 23.0 Å². The SMILES string of the molecule is O=C1C(=O)N(CC[NH+]2CCOCC2)C(c2cccnc2)/C1=C(\[O-])c1ccc(Cl)cc1. The van der Waals surface area contributed by atoms with E-state index in [1.165, 1.54) is 9.80 Å². The molecule has 30 heavy (non-hydrogen) atoms. The van der Waals surface area contributed by atoms with Crippen LogP contribution in [0.4, 0.5) is 0 Å². The second-order valence-electron chi connectivity index (χ2n) is 7.38. The fourth-order valence-electron chi connectivity index (χ4n) is 3.93. The quantitative estimate of drug-likeness (QED) is 0.408. The van der Waals surface area contributed by atoms with Gasteiger partial charge in [-0.1, -0.05) is 35.6 Å². The maximum absolute atomic E-state index is 13.2. The fraction of sp³-hybridized carbons (Fsp3) is 0.318. The molecule has 8 heteroatoms. The van der Waals surface area contributed by atoms with E-state index in [-0.39, 0.29) is 5.57 Å². The number of amides is 1. The van der Waals surface area contributed by atoms with Crippen molar-refractivity contribution in [1.82, 2.24) is 9.88 Å². The number of nitrogens with zero attached hydrogens (tertiary/aromatic N) is 2. The molecule has 0 aliphatic carbocycles. The van der Waals surface area contributed by atoms with Gasteiger partial charge >= 0.3 is 0 Å². The van der Waals surface area contributed by atoms with Crippen LogP contribution in [0.1, 0.15) is 17.2 Å². The Balaban J connectivity index is 1.71. The number of morpholine rings is 1. The van der Waals surface area contributed by atoms with E-state index in [2.05, 4.69) is 4.98 Å². The van der Waals surface area contributed by atoms with E-state index >= 15 is 0 Å². The van der Waals surface area contributed by atoms with E-state index in [1.807, 2.05) is 0 Å². The van der Waals surface area contributed by atoms with E-state index in [9.17, 15) is 14.7 Å². The molecule has 0 spiro atoms. The number of aromatic nitrogens is 1. The Bertz CT molecular complexity index is 956. The molecule has 3 heterocycles. The predicted octanol–water partition coefficient (Wildman–Crippen LogP) is -0.126. The Hall–Kier alpha value is -2.74. The summed E-state index contributed by atoms with van der Waals surface area (Å²) in [6.07, 6.45) is 3.21. The maximum atomic E-state index is 13.2. The number of pyridine rings is 1. The number of halogens is 1. The molecule has 2 aliphatic rings. The van der Waals surface area contributed by atoms with Gasteiger partial charge < -0.3 is 19.6 Å². The normalized spacial score (nSPS) is 21.9. The predicted molar refractivity (Wildman–Crippen MR) is 108 cm³/mol. The summed E-state index contributed by atoms with van der Waals surface area (Å²) >= 11 is 5.92. The van der Waals surface area contributed by atoms with Crippen molar-refractivity contribution in [2.24, 2.45) is 0 Å². The van der Waals surface area contributed by atoms with E-state index < -0.39 is 23.5 Å². The Morgan fingerprint density at radius 3 is 2.60 bits per heavy atom. The van der Waals surface area contributed by atoms with Crippen molar-refractivity contribution in [3.05, 3.63) is 70.5 Å². The zero-order chi connectivity index (χ0) is 21.1. The summed E-state index contributed by atoms with van der Waals surface area (Å²) in [5, 5.41) is 13.7. The summed E-state index contributed by atoms with van der Waals surface area (Å²) in [7, 11) is 0. The van der Waals surface area contributed by atoms with Crippen LogP contribution in [-0.4, -0.2) is 61.0 Å². The first-order chi connectivity index (χ1) is 14.6. The maximum Gasteiger partial charge on any atom is 0.295 e. The van der Waals surface area contributed by atoms with Crippen LogP contribution in [0.15, 0.2) is 54.4 Å². The van der Waals surface area contributed by atoms with Gasteiger partial charge in [-0.25, -0.2) is 0 Å². The average Bonchev–Trinajstić information content (AvgIpc) is 3.04. The lowest BCUT2D eigenvalue weighted by Gasteiger charge is -2.30. The topological polar surface area (TPSA) is 87.0 Å². The van der Waals surface area contributed by atoms with E-state index in [0.29, 0.717) is 42.5 Å². The number of carbonyl (C=O) groups is 2. The van der Waals surface area contributed by atoms with Crippen LogP contribution < -0.4 is 10.0 Å². The van der Waals surface area contributed by atoms with Crippen LogP contribution in [0.25, 0.3) is 5.76 Å². The van der Waals surface area contributed by atoms with E-state index in [1.54, 1.807) is 48.8 Å².